The maximum absolute atomic E-state index is 12.1. The van der Waals surface area contributed by atoms with Gasteiger partial charge in [0.1, 0.15) is 0 Å². The molecule has 0 fully saturated rings. The number of hydrogen-bond acceptors (Lipinski definition) is 3. The van der Waals surface area contributed by atoms with E-state index >= 15 is 0 Å². The number of carboxylic acid groups (broad SMARTS) is 1. The van der Waals surface area contributed by atoms with E-state index in [1.54, 1.807) is 18.3 Å². The summed E-state index contributed by atoms with van der Waals surface area (Å²) in [5, 5.41) is 11.5. The Labute approximate surface area is 163 Å². The zero-order valence-electron chi connectivity index (χ0n) is 15.8. The smallest absolute Gasteiger partial charge is 0.337 e. The van der Waals surface area contributed by atoms with E-state index in [2.05, 4.69) is 4.98 Å². The summed E-state index contributed by atoms with van der Waals surface area (Å²) in [4.78, 5) is 16.7. The van der Waals surface area contributed by atoms with E-state index in [0.29, 0.717) is 10.6 Å². The van der Waals surface area contributed by atoms with E-state index in [9.17, 15) is 9.90 Å². The second-order valence-corrected chi connectivity index (χ2v) is 7.95. The summed E-state index contributed by atoms with van der Waals surface area (Å²) in [6.07, 6.45) is 0.600. The molecule has 0 aliphatic carbocycles. The molecule has 1 atom stereocenters. The zero-order valence-corrected chi connectivity index (χ0v) is 16.5. The van der Waals surface area contributed by atoms with Crippen molar-refractivity contribution in [2.75, 3.05) is 0 Å². The van der Waals surface area contributed by atoms with Crippen molar-refractivity contribution in [3.8, 4) is 11.1 Å². The number of aromatic nitrogens is 1. The Morgan fingerprint density at radius 1 is 1.19 bits per heavy atom. The van der Waals surface area contributed by atoms with Gasteiger partial charge < -0.3 is 9.84 Å². The molecule has 0 aliphatic rings. The number of ether oxygens (including phenoxy) is 1. The number of hydrogen-bond donors (Lipinski definition) is 1. The molecule has 27 heavy (non-hydrogen) atoms. The third kappa shape index (κ3) is 4.12. The first-order valence-electron chi connectivity index (χ1n) is 8.72. The molecule has 2 aromatic carbocycles. The van der Waals surface area contributed by atoms with Crippen LogP contribution in [0, 0.1) is 6.92 Å². The number of rotatable bonds is 4. The van der Waals surface area contributed by atoms with Gasteiger partial charge in [-0.25, -0.2) is 4.79 Å². The SMILES string of the molecule is Cc1cc2cccnc2c(-c2ccc(Cl)cc2)c1[C@H](OC(C)(C)C)C(=O)O. The lowest BCUT2D eigenvalue weighted by atomic mass is 9.89. The van der Waals surface area contributed by atoms with Crippen molar-refractivity contribution < 1.29 is 14.6 Å². The molecule has 0 spiro atoms. The number of fused-ring (bicyclic) bond motifs is 1. The maximum Gasteiger partial charge on any atom is 0.337 e. The topological polar surface area (TPSA) is 59.4 Å². The fourth-order valence-electron chi connectivity index (χ4n) is 3.21. The van der Waals surface area contributed by atoms with Crippen molar-refractivity contribution in [2.45, 2.75) is 39.4 Å². The zero-order chi connectivity index (χ0) is 19.8. The Morgan fingerprint density at radius 2 is 1.85 bits per heavy atom. The van der Waals surface area contributed by atoms with Gasteiger partial charge in [-0.1, -0.05) is 29.8 Å². The van der Waals surface area contributed by atoms with Gasteiger partial charge in [0.05, 0.1) is 11.1 Å². The predicted octanol–water partition coefficient (Wildman–Crippen LogP) is 5.80. The van der Waals surface area contributed by atoms with Crippen LogP contribution in [-0.2, 0) is 9.53 Å². The van der Waals surface area contributed by atoms with Crippen molar-refractivity contribution in [1.29, 1.82) is 0 Å². The summed E-state index contributed by atoms with van der Waals surface area (Å²) in [5.41, 5.74) is 3.20. The third-order valence-electron chi connectivity index (χ3n) is 4.23. The highest BCUT2D eigenvalue weighted by atomic mass is 35.5. The van der Waals surface area contributed by atoms with Crippen molar-refractivity contribution in [3.05, 3.63) is 64.8 Å². The molecule has 0 radical (unpaired) electrons. The van der Waals surface area contributed by atoms with E-state index in [1.165, 1.54) is 0 Å². The fraction of sp³-hybridized carbons (Fsp3) is 0.273. The summed E-state index contributed by atoms with van der Waals surface area (Å²) in [5.74, 6) is -1.03. The normalized spacial score (nSPS) is 12.9. The van der Waals surface area contributed by atoms with Crippen LogP contribution in [-0.4, -0.2) is 21.7 Å². The number of carbonyl (C=O) groups is 1. The molecule has 140 valence electrons. The van der Waals surface area contributed by atoms with Gasteiger partial charge in [-0.3, -0.25) is 4.98 Å². The molecule has 0 amide bonds. The lowest BCUT2D eigenvalue weighted by Gasteiger charge is -2.28. The number of nitrogens with zero attached hydrogens (tertiary/aromatic N) is 1. The monoisotopic (exact) mass is 383 g/mol. The van der Waals surface area contributed by atoms with Crippen LogP contribution in [0.5, 0.6) is 0 Å². The molecular weight excluding hydrogens is 362 g/mol. The van der Waals surface area contributed by atoms with Crippen molar-refractivity contribution in [3.63, 3.8) is 0 Å². The van der Waals surface area contributed by atoms with Gasteiger partial charge in [0.2, 0.25) is 0 Å². The summed E-state index contributed by atoms with van der Waals surface area (Å²) in [6, 6.07) is 13.1. The number of aryl methyl sites for hydroxylation is 1. The third-order valence-corrected chi connectivity index (χ3v) is 4.48. The molecule has 5 heteroatoms. The molecule has 0 unspecified atom stereocenters. The van der Waals surface area contributed by atoms with Crippen LogP contribution in [0.15, 0.2) is 48.7 Å². The first-order valence-corrected chi connectivity index (χ1v) is 9.10. The predicted molar refractivity (Wildman–Crippen MR) is 108 cm³/mol. The minimum atomic E-state index is -1.11. The van der Waals surface area contributed by atoms with Crippen LogP contribution in [0.1, 0.15) is 38.0 Å². The van der Waals surface area contributed by atoms with Crippen molar-refractivity contribution >= 4 is 28.5 Å². The second kappa shape index (κ2) is 7.29. The van der Waals surface area contributed by atoms with E-state index < -0.39 is 17.7 Å². The van der Waals surface area contributed by atoms with Gasteiger partial charge >= 0.3 is 5.97 Å². The molecular formula is C22H22ClNO3. The van der Waals surface area contributed by atoms with Crippen molar-refractivity contribution in [2.24, 2.45) is 0 Å². The highest BCUT2D eigenvalue weighted by Gasteiger charge is 2.31. The van der Waals surface area contributed by atoms with Crippen LogP contribution in [0.25, 0.3) is 22.0 Å². The van der Waals surface area contributed by atoms with Crippen LogP contribution in [0.3, 0.4) is 0 Å². The van der Waals surface area contributed by atoms with E-state index in [4.69, 9.17) is 16.3 Å². The van der Waals surface area contributed by atoms with Gasteiger partial charge in [0.25, 0.3) is 0 Å². The molecule has 4 nitrogen and oxygen atoms in total. The summed E-state index contributed by atoms with van der Waals surface area (Å²) >= 11 is 6.05. The van der Waals surface area contributed by atoms with Gasteiger partial charge in [-0.15, -0.1) is 0 Å². The summed E-state index contributed by atoms with van der Waals surface area (Å²) in [7, 11) is 0. The number of halogens is 1. The molecule has 3 rings (SSSR count). The number of pyridine rings is 1. The van der Waals surface area contributed by atoms with Gasteiger partial charge in [-0.2, -0.15) is 0 Å². The Hall–Kier alpha value is -2.43. The average molecular weight is 384 g/mol. The minimum absolute atomic E-state index is 0.617. The summed E-state index contributed by atoms with van der Waals surface area (Å²) in [6.45, 7) is 7.45. The van der Waals surface area contributed by atoms with E-state index in [-0.39, 0.29) is 0 Å². The van der Waals surface area contributed by atoms with Gasteiger partial charge in [0.15, 0.2) is 6.10 Å². The molecule has 1 aromatic heterocycles. The Morgan fingerprint density at radius 3 is 2.44 bits per heavy atom. The van der Waals surface area contributed by atoms with Gasteiger partial charge in [0, 0.05) is 27.7 Å². The average Bonchev–Trinajstić information content (AvgIpc) is 2.59. The van der Waals surface area contributed by atoms with Crippen LogP contribution in [0.4, 0.5) is 0 Å². The fourth-order valence-corrected chi connectivity index (χ4v) is 3.34. The van der Waals surface area contributed by atoms with Crippen LogP contribution in [0.2, 0.25) is 5.02 Å². The number of aliphatic carboxylic acids is 1. The molecule has 0 saturated heterocycles. The molecule has 0 saturated carbocycles. The van der Waals surface area contributed by atoms with Crippen molar-refractivity contribution in [1.82, 2.24) is 4.98 Å². The Kier molecular flexibility index (Phi) is 5.22. The lowest BCUT2D eigenvalue weighted by Crippen LogP contribution is -2.28. The van der Waals surface area contributed by atoms with E-state index in [0.717, 1.165) is 27.6 Å². The first-order chi connectivity index (χ1) is 12.7. The lowest BCUT2D eigenvalue weighted by molar-refractivity contribution is -0.160. The minimum Gasteiger partial charge on any atom is -0.479 e. The second-order valence-electron chi connectivity index (χ2n) is 7.51. The van der Waals surface area contributed by atoms with E-state index in [1.807, 2.05) is 58.0 Å². The molecule has 0 bridgehead atoms. The quantitative estimate of drug-likeness (QED) is 0.618. The van der Waals surface area contributed by atoms with Crippen LogP contribution >= 0.6 is 11.6 Å². The standard InChI is InChI=1S/C22H22ClNO3/c1-13-12-15-6-5-11-24-19(15)18(14-7-9-16(23)10-8-14)17(13)20(21(25)26)27-22(2,3)4/h5-12,20H,1-4H3,(H,25,26)/t20-/m0/s1. The largest absolute Gasteiger partial charge is 0.479 e. The Bertz CT molecular complexity index is 991. The molecule has 1 heterocycles. The molecule has 1 N–H and O–H groups in total. The first kappa shape index (κ1) is 19.3. The summed E-state index contributed by atoms with van der Waals surface area (Å²) < 4.78 is 5.95. The maximum atomic E-state index is 12.1. The molecule has 0 aliphatic heterocycles. The van der Waals surface area contributed by atoms with Crippen LogP contribution < -0.4 is 0 Å². The molecule has 3 aromatic rings. The highest BCUT2D eigenvalue weighted by molar-refractivity contribution is 6.30. The highest BCUT2D eigenvalue weighted by Crippen LogP contribution is 2.39. The Balaban J connectivity index is 2.37. The van der Waals surface area contributed by atoms with Gasteiger partial charge in [-0.05, 0) is 63.1 Å². The number of carboxylic acids is 1. The number of benzene rings is 2.